The average molecular weight is 302 g/mol. The summed E-state index contributed by atoms with van der Waals surface area (Å²) in [5.41, 5.74) is 3.69. The highest BCUT2D eigenvalue weighted by atomic mass is 16.4. The third-order valence-electron chi connectivity index (χ3n) is 3.99. The van der Waals surface area contributed by atoms with Crippen LogP contribution in [-0.4, -0.2) is 28.6 Å². The van der Waals surface area contributed by atoms with Gasteiger partial charge in [-0.15, -0.1) is 0 Å². The largest absolute Gasteiger partial charge is 0.480 e. The predicted octanol–water partition coefficient (Wildman–Crippen LogP) is 2.14. The minimum Gasteiger partial charge on any atom is -0.480 e. The Bertz CT molecular complexity index is 749. The molecule has 5 nitrogen and oxygen atoms in total. The molecule has 0 radical (unpaired) electrons. The molecule has 1 atom stereocenters. The molecule has 2 rings (SSSR count). The first-order valence-corrected chi connectivity index (χ1v) is 7.46. The molecule has 1 heterocycles. The van der Waals surface area contributed by atoms with Crippen molar-refractivity contribution >= 4 is 16.9 Å². The Kier molecular flexibility index (Phi) is 4.98. The fourth-order valence-corrected chi connectivity index (χ4v) is 2.64. The van der Waals surface area contributed by atoms with E-state index in [2.05, 4.69) is 10.3 Å². The molecular formula is C17H22N2O3. The number of H-pyrrole nitrogens is 1. The van der Waals surface area contributed by atoms with Gasteiger partial charge in [0.25, 0.3) is 0 Å². The van der Waals surface area contributed by atoms with Crippen LogP contribution < -0.4 is 10.7 Å². The lowest BCUT2D eigenvalue weighted by Gasteiger charge is -2.14. The van der Waals surface area contributed by atoms with Gasteiger partial charge in [-0.05, 0) is 45.2 Å². The van der Waals surface area contributed by atoms with Crippen molar-refractivity contribution in [1.82, 2.24) is 10.3 Å². The predicted molar refractivity (Wildman–Crippen MR) is 87.5 cm³/mol. The average Bonchev–Trinajstić information content (AvgIpc) is 2.46. The number of aromatic nitrogens is 1. The maximum atomic E-state index is 12.6. The highest BCUT2D eigenvalue weighted by Gasteiger charge is 2.12. The summed E-state index contributed by atoms with van der Waals surface area (Å²) in [6.45, 7) is 5.76. The number of aryl methyl sites for hydroxylation is 2. The van der Waals surface area contributed by atoms with Crippen LogP contribution in [0.5, 0.6) is 0 Å². The number of benzene rings is 1. The molecule has 0 aliphatic carbocycles. The van der Waals surface area contributed by atoms with E-state index in [1.165, 1.54) is 0 Å². The van der Waals surface area contributed by atoms with E-state index in [9.17, 15) is 9.59 Å². The van der Waals surface area contributed by atoms with Gasteiger partial charge < -0.3 is 15.4 Å². The smallest absolute Gasteiger partial charge is 0.317 e. The van der Waals surface area contributed by atoms with Crippen molar-refractivity contribution in [2.24, 2.45) is 0 Å². The zero-order valence-corrected chi connectivity index (χ0v) is 13.2. The number of rotatable bonds is 6. The van der Waals surface area contributed by atoms with Gasteiger partial charge in [-0.25, -0.2) is 0 Å². The molecular weight excluding hydrogens is 280 g/mol. The first kappa shape index (κ1) is 16.2. The van der Waals surface area contributed by atoms with Crippen LogP contribution in [0.2, 0.25) is 0 Å². The van der Waals surface area contributed by atoms with Gasteiger partial charge >= 0.3 is 5.97 Å². The number of aliphatic carboxylic acids is 1. The number of para-hydroxylation sites is 1. The second-order valence-corrected chi connectivity index (χ2v) is 5.77. The number of aromatic amines is 1. The van der Waals surface area contributed by atoms with E-state index in [1.54, 1.807) is 0 Å². The van der Waals surface area contributed by atoms with Gasteiger partial charge in [0.2, 0.25) is 0 Å². The highest BCUT2D eigenvalue weighted by molar-refractivity contribution is 5.82. The van der Waals surface area contributed by atoms with Crippen LogP contribution in [-0.2, 0) is 11.2 Å². The molecule has 118 valence electrons. The summed E-state index contributed by atoms with van der Waals surface area (Å²) in [6, 6.07) is 5.76. The number of carboxylic acid groups (broad SMARTS) is 1. The Morgan fingerprint density at radius 1 is 1.36 bits per heavy atom. The molecule has 0 fully saturated rings. The lowest BCUT2D eigenvalue weighted by atomic mass is 10.0. The number of pyridine rings is 1. The summed E-state index contributed by atoms with van der Waals surface area (Å²) in [5.74, 6) is -0.873. The third-order valence-corrected chi connectivity index (χ3v) is 3.99. The SMILES string of the molecule is Cc1[nH]c2c(C)cccc2c(=O)c1CCC(C)NCC(=O)O. The lowest BCUT2D eigenvalue weighted by Crippen LogP contribution is -2.32. The van der Waals surface area contributed by atoms with Gasteiger partial charge in [0.1, 0.15) is 0 Å². The molecule has 5 heteroatoms. The van der Waals surface area contributed by atoms with Crippen LogP contribution >= 0.6 is 0 Å². The minimum atomic E-state index is -0.873. The van der Waals surface area contributed by atoms with Crippen LogP contribution in [0.15, 0.2) is 23.0 Å². The minimum absolute atomic E-state index is 0.0445. The van der Waals surface area contributed by atoms with E-state index in [4.69, 9.17) is 5.11 Å². The summed E-state index contributed by atoms with van der Waals surface area (Å²) >= 11 is 0. The van der Waals surface area contributed by atoms with Gasteiger partial charge in [-0.3, -0.25) is 9.59 Å². The molecule has 3 N–H and O–H groups in total. The molecule has 0 saturated heterocycles. The van der Waals surface area contributed by atoms with Crippen LogP contribution in [0.25, 0.3) is 10.9 Å². The fraction of sp³-hybridized carbons (Fsp3) is 0.412. The van der Waals surface area contributed by atoms with E-state index in [1.807, 2.05) is 39.0 Å². The molecule has 1 unspecified atom stereocenters. The summed E-state index contributed by atoms with van der Waals surface area (Å²) in [7, 11) is 0. The van der Waals surface area contributed by atoms with Crippen molar-refractivity contribution < 1.29 is 9.90 Å². The molecule has 1 aromatic carbocycles. The summed E-state index contributed by atoms with van der Waals surface area (Å²) in [5, 5.41) is 12.3. The summed E-state index contributed by atoms with van der Waals surface area (Å²) in [6.07, 6.45) is 1.34. The number of hydrogen-bond donors (Lipinski definition) is 3. The number of hydrogen-bond acceptors (Lipinski definition) is 3. The Labute approximate surface area is 129 Å². The standard InChI is InChI=1S/C17H22N2O3/c1-10-5-4-6-14-16(10)19-12(3)13(17(14)22)8-7-11(2)18-9-15(20)21/h4-6,11,18H,7-9H2,1-3H3,(H,19,22)(H,20,21). The van der Waals surface area contributed by atoms with Gasteiger partial charge in [-0.2, -0.15) is 0 Å². The van der Waals surface area contributed by atoms with Crippen molar-refractivity contribution in [3.05, 3.63) is 45.2 Å². The maximum absolute atomic E-state index is 12.6. The number of fused-ring (bicyclic) bond motifs is 1. The van der Waals surface area contributed by atoms with Crippen LogP contribution in [0, 0.1) is 13.8 Å². The Morgan fingerprint density at radius 2 is 2.09 bits per heavy atom. The topological polar surface area (TPSA) is 82.2 Å². The van der Waals surface area contributed by atoms with Crippen molar-refractivity contribution in [3.8, 4) is 0 Å². The summed E-state index contributed by atoms with van der Waals surface area (Å²) < 4.78 is 0. The Balaban J connectivity index is 2.22. The van der Waals surface area contributed by atoms with E-state index in [0.29, 0.717) is 18.2 Å². The monoisotopic (exact) mass is 302 g/mol. The molecule has 0 aliphatic heterocycles. The zero-order valence-electron chi connectivity index (χ0n) is 13.2. The Hall–Kier alpha value is -2.14. The lowest BCUT2D eigenvalue weighted by molar-refractivity contribution is -0.136. The van der Waals surface area contributed by atoms with Gasteiger partial charge in [0, 0.05) is 22.7 Å². The molecule has 2 aromatic rings. The molecule has 0 bridgehead atoms. The van der Waals surface area contributed by atoms with Crippen molar-refractivity contribution in [2.75, 3.05) is 6.54 Å². The van der Waals surface area contributed by atoms with Crippen LogP contribution in [0.3, 0.4) is 0 Å². The number of carboxylic acids is 1. The second kappa shape index (κ2) is 6.75. The molecule has 1 aromatic heterocycles. The third kappa shape index (κ3) is 3.54. The molecule has 0 spiro atoms. The quantitative estimate of drug-likeness (QED) is 0.763. The summed E-state index contributed by atoms with van der Waals surface area (Å²) in [4.78, 5) is 26.5. The Morgan fingerprint density at radius 3 is 2.77 bits per heavy atom. The zero-order chi connectivity index (χ0) is 16.3. The van der Waals surface area contributed by atoms with Gasteiger partial charge in [-0.1, -0.05) is 12.1 Å². The van der Waals surface area contributed by atoms with E-state index in [0.717, 1.165) is 22.3 Å². The van der Waals surface area contributed by atoms with Crippen LogP contribution in [0.1, 0.15) is 30.2 Å². The molecule has 0 amide bonds. The first-order valence-electron chi connectivity index (χ1n) is 7.46. The second-order valence-electron chi connectivity index (χ2n) is 5.77. The normalized spacial score (nSPS) is 12.5. The maximum Gasteiger partial charge on any atom is 0.317 e. The number of carbonyl (C=O) groups is 1. The fourth-order valence-electron chi connectivity index (χ4n) is 2.64. The molecule has 22 heavy (non-hydrogen) atoms. The van der Waals surface area contributed by atoms with Crippen LogP contribution in [0.4, 0.5) is 0 Å². The van der Waals surface area contributed by atoms with Crippen molar-refractivity contribution in [3.63, 3.8) is 0 Å². The number of nitrogens with one attached hydrogen (secondary N) is 2. The molecule has 0 aliphatic rings. The van der Waals surface area contributed by atoms with E-state index in [-0.39, 0.29) is 18.0 Å². The molecule has 0 saturated carbocycles. The van der Waals surface area contributed by atoms with Gasteiger partial charge in [0.15, 0.2) is 5.43 Å². The highest BCUT2D eigenvalue weighted by Crippen LogP contribution is 2.16. The van der Waals surface area contributed by atoms with Crippen molar-refractivity contribution in [1.29, 1.82) is 0 Å². The van der Waals surface area contributed by atoms with E-state index >= 15 is 0 Å². The van der Waals surface area contributed by atoms with Crippen molar-refractivity contribution in [2.45, 2.75) is 39.7 Å². The first-order chi connectivity index (χ1) is 10.4. The van der Waals surface area contributed by atoms with Gasteiger partial charge in [0.05, 0.1) is 12.1 Å². The van der Waals surface area contributed by atoms with E-state index < -0.39 is 5.97 Å².